The summed E-state index contributed by atoms with van der Waals surface area (Å²) in [5, 5.41) is 3.05. The van der Waals surface area contributed by atoms with E-state index >= 15 is 0 Å². The number of hydrogen-bond acceptors (Lipinski definition) is 4. The molecule has 0 aliphatic carbocycles. The average molecular weight is 441 g/mol. The normalized spacial score (nSPS) is 15.4. The molecule has 2 heterocycles. The number of nitrogens with zero attached hydrogens (tertiary/aromatic N) is 2. The first kappa shape index (κ1) is 20.5. The van der Waals surface area contributed by atoms with E-state index in [-0.39, 0.29) is 5.91 Å². The highest BCUT2D eigenvalue weighted by Gasteiger charge is 2.33. The molecule has 3 aromatic carbocycles. The minimum absolute atomic E-state index is 0.00338. The van der Waals surface area contributed by atoms with Crippen molar-refractivity contribution in [1.29, 1.82) is 0 Å². The molecule has 1 unspecified atom stereocenters. The predicted octanol–water partition coefficient (Wildman–Crippen LogP) is 6.49. The monoisotopic (exact) mass is 440 g/mol. The number of benzene rings is 3. The van der Waals surface area contributed by atoms with Crippen LogP contribution in [-0.4, -0.2) is 17.0 Å². The quantitative estimate of drug-likeness (QED) is 0.356. The maximum Gasteiger partial charge on any atom is 0.268 e. The van der Waals surface area contributed by atoms with E-state index in [2.05, 4.69) is 36.6 Å². The van der Waals surface area contributed by atoms with Gasteiger partial charge in [-0.2, -0.15) is 0 Å². The molecule has 0 saturated carbocycles. The van der Waals surface area contributed by atoms with Crippen molar-refractivity contribution in [3.8, 4) is 27.6 Å². The van der Waals surface area contributed by atoms with E-state index in [9.17, 15) is 4.79 Å². The molecule has 0 N–H and O–H groups in total. The molecule has 0 radical (unpaired) electrons. The van der Waals surface area contributed by atoms with Gasteiger partial charge in [0.1, 0.15) is 10.8 Å². The Morgan fingerprint density at radius 3 is 2.56 bits per heavy atom. The highest BCUT2D eigenvalue weighted by Crippen LogP contribution is 2.40. The third kappa shape index (κ3) is 3.80. The van der Waals surface area contributed by atoms with Crippen molar-refractivity contribution in [2.45, 2.75) is 32.9 Å². The minimum Gasteiger partial charge on any atom is -0.478 e. The minimum atomic E-state index is -0.457. The largest absolute Gasteiger partial charge is 0.478 e. The van der Waals surface area contributed by atoms with Crippen LogP contribution in [0.25, 0.3) is 21.8 Å². The van der Waals surface area contributed by atoms with E-state index in [0.29, 0.717) is 13.0 Å². The van der Waals surface area contributed by atoms with Crippen LogP contribution in [0.1, 0.15) is 24.5 Å². The summed E-state index contributed by atoms with van der Waals surface area (Å²) in [5.74, 6) is 0.746. The summed E-state index contributed by atoms with van der Waals surface area (Å²) < 4.78 is 6.05. The zero-order valence-corrected chi connectivity index (χ0v) is 18.9. The molecule has 5 heteroatoms. The second-order valence-corrected chi connectivity index (χ2v) is 8.81. The van der Waals surface area contributed by atoms with Gasteiger partial charge in [0.2, 0.25) is 0 Å². The summed E-state index contributed by atoms with van der Waals surface area (Å²) in [4.78, 5) is 20.0. The topological polar surface area (TPSA) is 42.4 Å². The van der Waals surface area contributed by atoms with Gasteiger partial charge in [-0.1, -0.05) is 61.5 Å². The van der Waals surface area contributed by atoms with E-state index in [1.165, 1.54) is 5.56 Å². The van der Waals surface area contributed by atoms with Crippen molar-refractivity contribution < 1.29 is 9.53 Å². The fourth-order valence-corrected chi connectivity index (χ4v) is 4.82. The molecule has 1 aromatic heterocycles. The number of hydrogen-bond donors (Lipinski definition) is 0. The van der Waals surface area contributed by atoms with Crippen LogP contribution in [0.3, 0.4) is 0 Å². The molecule has 160 valence electrons. The Kier molecular flexibility index (Phi) is 5.50. The second-order valence-electron chi connectivity index (χ2n) is 7.95. The maximum atomic E-state index is 13.3. The number of rotatable bonds is 5. The number of amides is 1. The van der Waals surface area contributed by atoms with Gasteiger partial charge >= 0.3 is 0 Å². The van der Waals surface area contributed by atoms with E-state index in [0.717, 1.165) is 38.8 Å². The fraction of sp³-hybridized carbons (Fsp3) is 0.185. The Morgan fingerprint density at radius 2 is 1.78 bits per heavy atom. The van der Waals surface area contributed by atoms with Crippen molar-refractivity contribution in [1.82, 2.24) is 4.98 Å². The molecule has 1 aliphatic heterocycles. The molecule has 4 nitrogen and oxygen atoms in total. The SMILES string of the molecule is CCC1Oc2ccc(-c3csc(-c4ccccc4)n3)cc2N(Cc2ccccc2C)C1=O. The molecule has 32 heavy (non-hydrogen) atoms. The zero-order valence-electron chi connectivity index (χ0n) is 18.1. The number of anilines is 1. The van der Waals surface area contributed by atoms with Crippen molar-refractivity contribution in [3.63, 3.8) is 0 Å². The number of aromatic nitrogens is 1. The summed E-state index contributed by atoms with van der Waals surface area (Å²) in [6.07, 6.45) is 0.179. The Morgan fingerprint density at radius 1 is 1.00 bits per heavy atom. The van der Waals surface area contributed by atoms with Crippen LogP contribution in [0.2, 0.25) is 0 Å². The molecular formula is C27H24N2O2S. The molecule has 5 rings (SSSR count). The van der Waals surface area contributed by atoms with Gasteiger partial charge in [-0.15, -0.1) is 11.3 Å². The average Bonchev–Trinajstić information content (AvgIpc) is 3.32. The fourth-order valence-electron chi connectivity index (χ4n) is 3.98. The molecule has 1 atom stereocenters. The van der Waals surface area contributed by atoms with E-state index in [1.807, 2.05) is 60.4 Å². The van der Waals surface area contributed by atoms with Gasteiger partial charge in [0.25, 0.3) is 5.91 Å². The standard InChI is InChI=1S/C27H24N2O2S/c1-3-24-27(30)29(16-21-12-8-7-9-18(21)2)23-15-20(13-14-25(23)31-24)22-17-32-26(28-22)19-10-5-4-6-11-19/h4-15,17,24H,3,16H2,1-2H3. The Labute approximate surface area is 192 Å². The van der Waals surface area contributed by atoms with E-state index < -0.39 is 6.10 Å². The van der Waals surface area contributed by atoms with E-state index in [1.54, 1.807) is 11.3 Å². The maximum absolute atomic E-state index is 13.3. The van der Waals surface area contributed by atoms with Gasteiger partial charge in [-0.3, -0.25) is 4.79 Å². The van der Waals surface area contributed by atoms with Gasteiger partial charge in [0, 0.05) is 16.5 Å². The molecular weight excluding hydrogens is 416 g/mol. The molecule has 0 bridgehead atoms. The van der Waals surface area contributed by atoms with Crippen molar-refractivity contribution in [2.24, 2.45) is 0 Å². The third-order valence-electron chi connectivity index (χ3n) is 5.84. The third-order valence-corrected chi connectivity index (χ3v) is 6.73. The van der Waals surface area contributed by atoms with Gasteiger partial charge in [0.05, 0.1) is 17.9 Å². The van der Waals surface area contributed by atoms with Gasteiger partial charge in [0.15, 0.2) is 6.10 Å². The summed E-state index contributed by atoms with van der Waals surface area (Å²) in [6, 6.07) is 24.4. The van der Waals surface area contributed by atoms with Crippen molar-refractivity contribution in [3.05, 3.63) is 89.3 Å². The molecule has 1 aliphatic rings. The summed E-state index contributed by atoms with van der Waals surface area (Å²) >= 11 is 1.62. The Bertz CT molecular complexity index is 1270. The highest BCUT2D eigenvalue weighted by molar-refractivity contribution is 7.13. The Hall–Kier alpha value is -3.44. The molecule has 4 aromatic rings. The lowest BCUT2D eigenvalue weighted by molar-refractivity contribution is -0.126. The number of carbonyl (C=O) groups excluding carboxylic acids is 1. The molecule has 0 saturated heterocycles. The second kappa shape index (κ2) is 8.60. The summed E-state index contributed by atoms with van der Waals surface area (Å²) in [6.45, 7) is 4.58. The number of ether oxygens (including phenoxy) is 1. The highest BCUT2D eigenvalue weighted by atomic mass is 32.1. The van der Waals surface area contributed by atoms with Crippen LogP contribution < -0.4 is 9.64 Å². The first-order valence-electron chi connectivity index (χ1n) is 10.8. The van der Waals surface area contributed by atoms with Crippen molar-refractivity contribution in [2.75, 3.05) is 4.90 Å². The lowest BCUT2D eigenvalue weighted by Gasteiger charge is -2.34. The Balaban J connectivity index is 1.53. The van der Waals surface area contributed by atoms with Crippen LogP contribution in [0, 0.1) is 6.92 Å². The number of aryl methyl sites for hydroxylation is 1. The zero-order chi connectivity index (χ0) is 22.1. The summed E-state index contributed by atoms with van der Waals surface area (Å²) in [7, 11) is 0. The number of thiazole rings is 1. The van der Waals surface area contributed by atoms with Crippen LogP contribution in [-0.2, 0) is 11.3 Å². The lowest BCUT2D eigenvalue weighted by Crippen LogP contribution is -2.45. The molecule has 0 fully saturated rings. The predicted molar refractivity (Wildman–Crippen MR) is 130 cm³/mol. The summed E-state index contributed by atoms with van der Waals surface area (Å²) in [5.41, 5.74) is 6.08. The van der Waals surface area contributed by atoms with Crippen LogP contribution >= 0.6 is 11.3 Å². The van der Waals surface area contributed by atoms with Crippen LogP contribution in [0.5, 0.6) is 5.75 Å². The van der Waals surface area contributed by atoms with Gasteiger partial charge < -0.3 is 9.64 Å². The molecule has 0 spiro atoms. The van der Waals surface area contributed by atoms with Gasteiger partial charge in [-0.25, -0.2) is 4.98 Å². The smallest absolute Gasteiger partial charge is 0.268 e. The van der Waals surface area contributed by atoms with E-state index in [4.69, 9.17) is 9.72 Å². The van der Waals surface area contributed by atoms with Gasteiger partial charge in [-0.05, 0) is 42.7 Å². The van der Waals surface area contributed by atoms with Crippen LogP contribution in [0.15, 0.2) is 78.2 Å². The number of carbonyl (C=O) groups is 1. The van der Waals surface area contributed by atoms with Crippen molar-refractivity contribution >= 4 is 22.9 Å². The number of fused-ring (bicyclic) bond motifs is 1. The first-order chi connectivity index (χ1) is 15.6. The first-order valence-corrected chi connectivity index (χ1v) is 11.7. The molecule has 1 amide bonds. The lowest BCUT2D eigenvalue weighted by atomic mass is 10.0. The van der Waals surface area contributed by atoms with Crippen LogP contribution in [0.4, 0.5) is 5.69 Å².